The third-order valence-electron chi connectivity index (χ3n) is 6.42. The smallest absolute Gasteiger partial charge is 0.459 e. The molecule has 3 aromatic carbocycles. The van der Waals surface area contributed by atoms with Crippen molar-refractivity contribution in [3.63, 3.8) is 0 Å². The molecule has 0 saturated heterocycles. The van der Waals surface area contributed by atoms with Gasteiger partial charge in [-0.2, -0.15) is 0 Å². The minimum Gasteiger partial charge on any atom is -0.496 e. The molecule has 0 radical (unpaired) electrons. The second-order valence-electron chi connectivity index (χ2n) is 7.98. The van der Waals surface area contributed by atoms with Gasteiger partial charge >= 0.3 is 13.3 Å². The van der Waals surface area contributed by atoms with Crippen LogP contribution in [0.1, 0.15) is 54.1 Å². The summed E-state index contributed by atoms with van der Waals surface area (Å²) in [6.07, 6.45) is 0. The monoisotopic (exact) mass is 463 g/mol. The maximum atomic E-state index is 13.7. The predicted octanol–water partition coefficient (Wildman–Crippen LogP) is 5.77. The summed E-state index contributed by atoms with van der Waals surface area (Å²) in [5.74, 6) is 0.293. The summed E-state index contributed by atoms with van der Waals surface area (Å²) in [5, 5.41) is 0.199. The van der Waals surface area contributed by atoms with Crippen LogP contribution in [0.15, 0.2) is 42.5 Å². The van der Waals surface area contributed by atoms with Gasteiger partial charge in [0.1, 0.15) is 11.5 Å². The van der Waals surface area contributed by atoms with Crippen LogP contribution in [-0.2, 0) is 4.57 Å². The minimum atomic E-state index is -2.61. The third kappa shape index (κ3) is 4.21. The molecule has 1 atom stereocenters. The topological polar surface area (TPSA) is 69.7 Å². The fraction of sp³-hybridized carbons (Fsp3) is 0.259. The first-order valence-electron chi connectivity index (χ1n) is 10.6. The molecule has 0 aliphatic rings. The van der Waals surface area contributed by atoms with Crippen LogP contribution in [-0.4, -0.2) is 25.5 Å². The van der Waals surface area contributed by atoms with Gasteiger partial charge in [0.2, 0.25) is 5.30 Å². The summed E-state index contributed by atoms with van der Waals surface area (Å²) in [5.41, 5.74) is 5.34. The molecule has 170 valence electrons. The van der Waals surface area contributed by atoms with Crippen molar-refractivity contribution in [3.8, 4) is 11.5 Å². The highest BCUT2D eigenvalue weighted by atomic mass is 31.1. The standard InChI is InChI=1S/C27H28O5P/c1-15-16(2)18(4)24(19(5)17(15)3)26(28)20-11-8-9-14-23(20)33(30)27(29)25-21(31-6)12-10-13-22(25)32-7/h8-14H,1-7H3/q+1. The van der Waals surface area contributed by atoms with Crippen LogP contribution in [0.5, 0.6) is 11.5 Å². The van der Waals surface area contributed by atoms with E-state index in [1.54, 1.807) is 42.5 Å². The van der Waals surface area contributed by atoms with E-state index in [0.717, 1.165) is 27.8 Å². The van der Waals surface area contributed by atoms with Crippen molar-refractivity contribution < 1.29 is 23.6 Å². The lowest BCUT2D eigenvalue weighted by Gasteiger charge is -2.18. The Balaban J connectivity index is 2.16. The zero-order chi connectivity index (χ0) is 24.4. The predicted molar refractivity (Wildman–Crippen MR) is 131 cm³/mol. The lowest BCUT2D eigenvalue weighted by atomic mass is 9.86. The van der Waals surface area contributed by atoms with Gasteiger partial charge in [0.05, 0.1) is 19.8 Å². The summed E-state index contributed by atoms with van der Waals surface area (Å²) in [4.78, 5) is 27.1. The number of hydrogen-bond acceptors (Lipinski definition) is 5. The van der Waals surface area contributed by atoms with E-state index in [4.69, 9.17) is 9.47 Å². The van der Waals surface area contributed by atoms with E-state index >= 15 is 0 Å². The average Bonchev–Trinajstić information content (AvgIpc) is 2.84. The van der Waals surface area contributed by atoms with Gasteiger partial charge in [-0.25, -0.2) is 4.79 Å². The van der Waals surface area contributed by atoms with E-state index in [9.17, 15) is 14.2 Å². The van der Waals surface area contributed by atoms with Crippen LogP contribution < -0.4 is 14.8 Å². The van der Waals surface area contributed by atoms with Crippen LogP contribution >= 0.6 is 7.80 Å². The quantitative estimate of drug-likeness (QED) is 0.329. The van der Waals surface area contributed by atoms with Crippen molar-refractivity contribution in [2.24, 2.45) is 0 Å². The summed E-state index contributed by atoms with van der Waals surface area (Å²) in [6, 6.07) is 11.5. The first-order chi connectivity index (χ1) is 15.6. The van der Waals surface area contributed by atoms with Crippen molar-refractivity contribution in [2.45, 2.75) is 34.6 Å². The summed E-state index contributed by atoms with van der Waals surface area (Å²) >= 11 is 0. The molecule has 0 aromatic heterocycles. The Morgan fingerprint density at radius 1 is 0.667 bits per heavy atom. The Hall–Kier alpha value is -3.30. The number of benzene rings is 3. The fourth-order valence-corrected chi connectivity index (χ4v) is 5.35. The van der Waals surface area contributed by atoms with Gasteiger partial charge in [0, 0.05) is 5.56 Å². The fourth-order valence-electron chi connectivity index (χ4n) is 4.09. The number of ether oxygens (including phenoxy) is 2. The molecule has 1 unspecified atom stereocenters. The maximum Gasteiger partial charge on any atom is 0.459 e. The van der Waals surface area contributed by atoms with Gasteiger partial charge in [-0.15, -0.1) is 0 Å². The van der Waals surface area contributed by atoms with Crippen molar-refractivity contribution in [2.75, 3.05) is 14.2 Å². The molecular weight excluding hydrogens is 435 g/mol. The molecule has 6 heteroatoms. The third-order valence-corrected chi connectivity index (χ3v) is 7.84. The highest BCUT2D eigenvalue weighted by molar-refractivity contribution is 7.71. The number of ketones is 1. The molecule has 0 N–H and O–H groups in total. The Labute approximate surface area is 195 Å². The van der Waals surface area contributed by atoms with Gasteiger partial charge < -0.3 is 9.47 Å². The van der Waals surface area contributed by atoms with Crippen molar-refractivity contribution in [1.82, 2.24) is 0 Å². The SMILES string of the molecule is COc1cccc(OC)c1C(=O)[P+](=O)c1ccccc1C(=O)c1c(C)c(C)c(C)c(C)c1C. The Morgan fingerprint density at radius 2 is 1.15 bits per heavy atom. The molecule has 0 amide bonds. The highest BCUT2D eigenvalue weighted by Crippen LogP contribution is 2.38. The Bertz CT molecular complexity index is 1240. The van der Waals surface area contributed by atoms with Crippen molar-refractivity contribution >= 4 is 24.4 Å². The van der Waals surface area contributed by atoms with E-state index in [1.807, 2.05) is 34.6 Å². The molecule has 3 aromatic rings. The highest BCUT2D eigenvalue weighted by Gasteiger charge is 2.40. The Kier molecular flexibility index (Phi) is 7.14. The van der Waals surface area contributed by atoms with Crippen LogP contribution in [0.4, 0.5) is 0 Å². The maximum absolute atomic E-state index is 13.7. The first kappa shape index (κ1) is 24.3. The van der Waals surface area contributed by atoms with E-state index in [1.165, 1.54) is 14.2 Å². The van der Waals surface area contributed by atoms with Gasteiger partial charge in [-0.1, -0.05) is 22.8 Å². The molecule has 5 nitrogen and oxygen atoms in total. The molecule has 0 heterocycles. The molecule has 0 aliphatic carbocycles. The van der Waals surface area contributed by atoms with Crippen LogP contribution in [0.25, 0.3) is 0 Å². The normalized spacial score (nSPS) is 11.2. The van der Waals surface area contributed by atoms with Gasteiger partial charge in [0.25, 0.3) is 0 Å². The number of rotatable bonds is 7. The Morgan fingerprint density at radius 3 is 1.67 bits per heavy atom. The average molecular weight is 463 g/mol. The number of carbonyl (C=O) groups is 2. The molecule has 0 aliphatic heterocycles. The van der Waals surface area contributed by atoms with Gasteiger partial charge in [-0.05, 0) is 86.7 Å². The molecular formula is C27H28O5P+. The molecule has 0 fully saturated rings. The number of carbonyl (C=O) groups excluding carboxylic acids is 2. The first-order valence-corrected chi connectivity index (χ1v) is 11.8. The second kappa shape index (κ2) is 9.68. The lowest BCUT2D eigenvalue weighted by Crippen LogP contribution is -2.19. The zero-order valence-electron chi connectivity index (χ0n) is 20.0. The molecule has 33 heavy (non-hydrogen) atoms. The molecule has 3 rings (SSSR count). The number of hydrogen-bond donors (Lipinski definition) is 0. The van der Waals surface area contributed by atoms with Crippen LogP contribution in [0.3, 0.4) is 0 Å². The van der Waals surface area contributed by atoms with E-state index in [0.29, 0.717) is 5.56 Å². The summed E-state index contributed by atoms with van der Waals surface area (Å²) < 4.78 is 24.2. The van der Waals surface area contributed by atoms with E-state index < -0.39 is 13.3 Å². The molecule has 0 spiro atoms. The largest absolute Gasteiger partial charge is 0.496 e. The number of methoxy groups -OCH3 is 2. The summed E-state index contributed by atoms with van der Waals surface area (Å²) in [6.45, 7) is 9.89. The van der Waals surface area contributed by atoms with Crippen molar-refractivity contribution in [3.05, 3.63) is 87.0 Å². The zero-order valence-corrected chi connectivity index (χ0v) is 20.9. The van der Waals surface area contributed by atoms with Gasteiger partial charge in [-0.3, -0.25) is 4.79 Å². The van der Waals surface area contributed by atoms with E-state index in [2.05, 4.69) is 0 Å². The lowest BCUT2D eigenvalue weighted by molar-refractivity contribution is 0.103. The van der Waals surface area contributed by atoms with Crippen LogP contribution in [0, 0.1) is 34.6 Å². The van der Waals surface area contributed by atoms with Gasteiger partial charge in [0.15, 0.2) is 11.3 Å². The second-order valence-corrected chi connectivity index (χ2v) is 9.46. The minimum absolute atomic E-state index is 0.0975. The summed E-state index contributed by atoms with van der Waals surface area (Å²) in [7, 11) is 0.257. The molecule has 0 bridgehead atoms. The van der Waals surface area contributed by atoms with Crippen molar-refractivity contribution in [1.29, 1.82) is 0 Å². The molecule has 0 saturated carbocycles. The van der Waals surface area contributed by atoms with E-state index in [-0.39, 0.29) is 33.7 Å². The van der Waals surface area contributed by atoms with Crippen LogP contribution in [0.2, 0.25) is 0 Å².